The van der Waals surface area contributed by atoms with Gasteiger partial charge in [0.1, 0.15) is 5.82 Å². The first-order valence-electron chi connectivity index (χ1n) is 10.7. The summed E-state index contributed by atoms with van der Waals surface area (Å²) in [5.41, 5.74) is 4.30. The van der Waals surface area contributed by atoms with Crippen molar-refractivity contribution in [2.45, 2.75) is 25.8 Å². The van der Waals surface area contributed by atoms with Crippen molar-refractivity contribution < 1.29 is 13.6 Å². The Kier molecular flexibility index (Phi) is 5.27. The third-order valence-corrected chi connectivity index (χ3v) is 5.84. The Labute approximate surface area is 185 Å². The quantitative estimate of drug-likeness (QED) is 0.411. The number of carbonyl (C=O) groups excluding carboxylic acids is 1. The second kappa shape index (κ2) is 8.38. The molecule has 5 nitrogen and oxygen atoms in total. The summed E-state index contributed by atoms with van der Waals surface area (Å²) in [6, 6.07) is 21.5. The first kappa shape index (κ1) is 20.1. The second-order valence-electron chi connectivity index (χ2n) is 8.07. The van der Waals surface area contributed by atoms with Crippen molar-refractivity contribution in [1.29, 1.82) is 0 Å². The monoisotopic (exact) mass is 427 g/mol. The van der Waals surface area contributed by atoms with Gasteiger partial charge in [0.15, 0.2) is 0 Å². The summed E-state index contributed by atoms with van der Waals surface area (Å²) < 4.78 is 19.1. The number of halogens is 1. The summed E-state index contributed by atoms with van der Waals surface area (Å²) in [7, 11) is 0. The van der Waals surface area contributed by atoms with Crippen molar-refractivity contribution >= 4 is 5.91 Å². The molecule has 160 valence electrons. The molecule has 5 rings (SSSR count). The van der Waals surface area contributed by atoms with Crippen LogP contribution < -0.4 is 0 Å². The van der Waals surface area contributed by atoms with Crippen molar-refractivity contribution in [2.75, 3.05) is 6.54 Å². The van der Waals surface area contributed by atoms with Gasteiger partial charge in [-0.05, 0) is 73.9 Å². The molecule has 0 spiro atoms. The molecule has 1 fully saturated rings. The number of amides is 1. The summed E-state index contributed by atoms with van der Waals surface area (Å²) in [6.07, 6.45) is 1.80. The van der Waals surface area contributed by atoms with Gasteiger partial charge >= 0.3 is 0 Å². The number of aromatic nitrogens is 2. The molecule has 6 heteroatoms. The third-order valence-electron chi connectivity index (χ3n) is 5.84. The smallest absolute Gasteiger partial charge is 0.254 e. The zero-order chi connectivity index (χ0) is 22.1. The van der Waals surface area contributed by atoms with Gasteiger partial charge in [0.05, 0.1) is 6.04 Å². The van der Waals surface area contributed by atoms with Crippen LogP contribution in [0.15, 0.2) is 77.2 Å². The van der Waals surface area contributed by atoms with Gasteiger partial charge in [-0.1, -0.05) is 29.8 Å². The molecule has 0 saturated carbocycles. The molecule has 1 atom stereocenters. The zero-order valence-electron chi connectivity index (χ0n) is 17.7. The van der Waals surface area contributed by atoms with E-state index in [9.17, 15) is 9.18 Å². The molecule has 0 aliphatic carbocycles. The van der Waals surface area contributed by atoms with E-state index in [2.05, 4.69) is 10.2 Å². The Balaban J connectivity index is 1.34. The molecule has 1 aliphatic heterocycles. The topological polar surface area (TPSA) is 59.2 Å². The summed E-state index contributed by atoms with van der Waals surface area (Å²) >= 11 is 0. The molecule has 3 aromatic carbocycles. The minimum atomic E-state index is -0.271. The van der Waals surface area contributed by atoms with E-state index < -0.39 is 0 Å². The Morgan fingerprint density at radius 3 is 2.41 bits per heavy atom. The van der Waals surface area contributed by atoms with Crippen LogP contribution in [0.25, 0.3) is 22.9 Å². The predicted molar refractivity (Wildman–Crippen MR) is 119 cm³/mol. The first-order valence-corrected chi connectivity index (χ1v) is 10.7. The molecule has 1 aliphatic rings. The Morgan fingerprint density at radius 2 is 1.69 bits per heavy atom. The average Bonchev–Trinajstić information content (AvgIpc) is 3.50. The maximum Gasteiger partial charge on any atom is 0.254 e. The summed E-state index contributed by atoms with van der Waals surface area (Å²) in [5.74, 6) is 0.565. The van der Waals surface area contributed by atoms with Crippen LogP contribution in [0, 0.1) is 12.7 Å². The predicted octanol–water partition coefficient (Wildman–Crippen LogP) is 5.83. The molecule has 4 aromatic rings. The van der Waals surface area contributed by atoms with E-state index in [0.717, 1.165) is 35.1 Å². The zero-order valence-corrected chi connectivity index (χ0v) is 17.7. The molecular weight excluding hydrogens is 405 g/mol. The second-order valence-corrected chi connectivity index (χ2v) is 8.07. The molecule has 0 bridgehead atoms. The molecular formula is C26H22FN3O2. The van der Waals surface area contributed by atoms with Crippen LogP contribution in [-0.4, -0.2) is 27.5 Å². The van der Waals surface area contributed by atoms with Crippen molar-refractivity contribution in [1.82, 2.24) is 15.1 Å². The van der Waals surface area contributed by atoms with E-state index >= 15 is 0 Å². The number of nitrogens with zero attached hydrogens (tertiary/aromatic N) is 3. The average molecular weight is 427 g/mol. The Morgan fingerprint density at radius 1 is 0.969 bits per heavy atom. The fourth-order valence-electron chi connectivity index (χ4n) is 4.20. The van der Waals surface area contributed by atoms with Crippen LogP contribution in [0.2, 0.25) is 0 Å². The normalized spacial score (nSPS) is 15.8. The highest BCUT2D eigenvalue weighted by molar-refractivity contribution is 5.95. The molecule has 1 amide bonds. The number of carbonyl (C=O) groups is 1. The molecule has 32 heavy (non-hydrogen) atoms. The van der Waals surface area contributed by atoms with E-state index in [4.69, 9.17) is 4.42 Å². The van der Waals surface area contributed by atoms with Crippen molar-refractivity contribution in [3.63, 3.8) is 0 Å². The molecule has 2 heterocycles. The molecule has 1 unspecified atom stereocenters. The Hall–Kier alpha value is -3.80. The van der Waals surface area contributed by atoms with E-state index in [1.165, 1.54) is 12.1 Å². The molecule has 0 radical (unpaired) electrons. The van der Waals surface area contributed by atoms with Gasteiger partial charge in [-0.2, -0.15) is 0 Å². The number of benzene rings is 3. The standard InChI is InChI=1S/C26H22FN3O2/c1-17-4-2-5-21(16-17)25-29-28-24(32-25)19-7-9-20(10-8-19)26(31)30-15-3-6-23(30)18-11-13-22(27)14-12-18/h2,4-5,7-14,16,23H,3,6,15H2,1H3. The number of hydrogen-bond donors (Lipinski definition) is 0. The van der Waals surface area contributed by atoms with E-state index in [1.807, 2.05) is 48.2 Å². The van der Waals surface area contributed by atoms with Gasteiger partial charge < -0.3 is 9.32 Å². The Bertz CT molecular complexity index is 1250. The first-order chi connectivity index (χ1) is 15.6. The van der Waals surface area contributed by atoms with E-state index in [1.54, 1.807) is 24.3 Å². The van der Waals surface area contributed by atoms with Gasteiger partial charge in [0.2, 0.25) is 11.8 Å². The summed E-state index contributed by atoms with van der Waals surface area (Å²) in [5, 5.41) is 8.32. The van der Waals surface area contributed by atoms with E-state index in [-0.39, 0.29) is 17.8 Å². The lowest BCUT2D eigenvalue weighted by Gasteiger charge is -2.25. The minimum absolute atomic E-state index is 0.0318. The van der Waals surface area contributed by atoms with Gasteiger partial charge in [0, 0.05) is 23.2 Å². The van der Waals surface area contributed by atoms with Crippen LogP contribution in [0.3, 0.4) is 0 Å². The maximum absolute atomic E-state index is 13.3. The lowest BCUT2D eigenvalue weighted by molar-refractivity contribution is 0.0735. The van der Waals surface area contributed by atoms with Crippen LogP contribution in [0.1, 0.15) is 40.4 Å². The largest absolute Gasteiger partial charge is 0.416 e. The summed E-state index contributed by atoms with van der Waals surface area (Å²) in [6.45, 7) is 2.70. The van der Waals surface area contributed by atoms with Crippen molar-refractivity contribution in [2.24, 2.45) is 0 Å². The van der Waals surface area contributed by atoms with Gasteiger partial charge in [0.25, 0.3) is 5.91 Å². The van der Waals surface area contributed by atoms with Gasteiger partial charge in [-0.25, -0.2) is 4.39 Å². The number of rotatable bonds is 4. The summed E-state index contributed by atoms with van der Waals surface area (Å²) in [4.78, 5) is 15.0. The fourth-order valence-corrected chi connectivity index (χ4v) is 4.20. The number of hydrogen-bond acceptors (Lipinski definition) is 4. The van der Waals surface area contributed by atoms with Crippen LogP contribution in [0.4, 0.5) is 4.39 Å². The SMILES string of the molecule is Cc1cccc(-c2nnc(-c3ccc(C(=O)N4CCCC4c4ccc(F)cc4)cc3)o2)c1. The van der Waals surface area contributed by atoms with E-state index in [0.29, 0.717) is 23.9 Å². The number of likely N-dealkylation sites (tertiary alicyclic amines) is 1. The minimum Gasteiger partial charge on any atom is -0.416 e. The highest BCUT2D eigenvalue weighted by atomic mass is 19.1. The lowest BCUT2D eigenvalue weighted by atomic mass is 10.0. The van der Waals surface area contributed by atoms with Gasteiger partial charge in [-0.3, -0.25) is 4.79 Å². The van der Waals surface area contributed by atoms with Crippen LogP contribution >= 0.6 is 0 Å². The fraction of sp³-hybridized carbons (Fsp3) is 0.192. The lowest BCUT2D eigenvalue weighted by Crippen LogP contribution is -2.30. The maximum atomic E-state index is 13.3. The van der Waals surface area contributed by atoms with Gasteiger partial charge in [-0.15, -0.1) is 10.2 Å². The van der Waals surface area contributed by atoms with Crippen molar-refractivity contribution in [3.05, 3.63) is 95.3 Å². The molecule has 1 saturated heterocycles. The molecule has 1 aromatic heterocycles. The third kappa shape index (κ3) is 3.91. The van der Waals surface area contributed by atoms with Crippen molar-refractivity contribution in [3.8, 4) is 22.9 Å². The highest BCUT2D eigenvalue weighted by Gasteiger charge is 2.30. The van der Waals surface area contributed by atoms with Crippen LogP contribution in [-0.2, 0) is 0 Å². The molecule has 0 N–H and O–H groups in total. The number of aryl methyl sites for hydroxylation is 1. The van der Waals surface area contributed by atoms with Crippen LogP contribution in [0.5, 0.6) is 0 Å². The highest BCUT2D eigenvalue weighted by Crippen LogP contribution is 2.33.